The van der Waals surface area contributed by atoms with Crippen molar-refractivity contribution < 1.29 is 0 Å². The lowest BCUT2D eigenvalue weighted by atomic mass is 9.92. The first-order valence-electron chi connectivity index (χ1n) is 5.22. The second-order valence-electron chi connectivity index (χ2n) is 3.84. The van der Waals surface area contributed by atoms with E-state index in [9.17, 15) is 0 Å². The highest BCUT2D eigenvalue weighted by molar-refractivity contribution is 5.29. The summed E-state index contributed by atoms with van der Waals surface area (Å²) in [6, 6.07) is 0. The van der Waals surface area contributed by atoms with Gasteiger partial charge in [0.2, 0.25) is 0 Å². The summed E-state index contributed by atoms with van der Waals surface area (Å²) in [5.74, 6) is 0.584. The average molecular weight is 192 g/mol. The Morgan fingerprint density at radius 2 is 2.14 bits per heavy atom. The molecule has 2 nitrogen and oxygen atoms in total. The number of allylic oxidation sites excluding steroid dienone is 1. The summed E-state index contributed by atoms with van der Waals surface area (Å²) < 4.78 is 1.97. The molecule has 1 aromatic heterocycles. The summed E-state index contributed by atoms with van der Waals surface area (Å²) in [7, 11) is 2.01. The van der Waals surface area contributed by atoms with Gasteiger partial charge in [0.25, 0.3) is 0 Å². The van der Waals surface area contributed by atoms with Crippen LogP contribution in [0.25, 0.3) is 0 Å². The predicted octanol–water partition coefficient (Wildman–Crippen LogP) is 3.11. The second-order valence-corrected chi connectivity index (χ2v) is 3.84. The van der Waals surface area contributed by atoms with Gasteiger partial charge >= 0.3 is 0 Å². The van der Waals surface area contributed by atoms with Gasteiger partial charge in [0.1, 0.15) is 0 Å². The van der Waals surface area contributed by atoms with Crippen LogP contribution in [0.2, 0.25) is 0 Å². The number of hydrogen-bond donors (Lipinski definition) is 0. The molecule has 1 rings (SSSR count). The Morgan fingerprint density at radius 1 is 1.50 bits per heavy atom. The van der Waals surface area contributed by atoms with Crippen molar-refractivity contribution in [2.24, 2.45) is 7.05 Å². The normalized spacial score (nSPS) is 12.9. The third kappa shape index (κ3) is 1.89. The largest absolute Gasteiger partial charge is 0.272 e. The Labute approximate surface area is 86.6 Å². The van der Waals surface area contributed by atoms with E-state index in [2.05, 4.69) is 32.4 Å². The quantitative estimate of drug-likeness (QED) is 0.670. The van der Waals surface area contributed by atoms with Gasteiger partial charge in [-0.15, -0.1) is 6.58 Å². The van der Waals surface area contributed by atoms with E-state index in [4.69, 9.17) is 0 Å². The minimum Gasteiger partial charge on any atom is -0.272 e. The number of aromatic nitrogens is 2. The molecule has 0 aliphatic heterocycles. The van der Waals surface area contributed by atoms with Crippen LogP contribution in [-0.2, 0) is 7.05 Å². The molecule has 1 aromatic rings. The lowest BCUT2D eigenvalue weighted by Gasteiger charge is -2.13. The Kier molecular flexibility index (Phi) is 3.50. The number of nitrogens with zero attached hydrogens (tertiary/aromatic N) is 2. The van der Waals surface area contributed by atoms with Gasteiger partial charge < -0.3 is 0 Å². The molecule has 0 amide bonds. The third-order valence-electron chi connectivity index (χ3n) is 2.92. The van der Waals surface area contributed by atoms with E-state index in [1.807, 2.05) is 17.8 Å². The minimum absolute atomic E-state index is 0.584. The monoisotopic (exact) mass is 192 g/mol. The Hall–Kier alpha value is -1.05. The summed E-state index contributed by atoms with van der Waals surface area (Å²) in [5, 5.41) is 4.44. The topological polar surface area (TPSA) is 17.8 Å². The van der Waals surface area contributed by atoms with Crippen molar-refractivity contribution in [1.29, 1.82) is 0 Å². The van der Waals surface area contributed by atoms with Crippen LogP contribution in [-0.4, -0.2) is 9.78 Å². The Bertz CT molecular complexity index is 323. The molecule has 0 fully saturated rings. The molecule has 0 aliphatic rings. The van der Waals surface area contributed by atoms with Crippen LogP contribution in [0.15, 0.2) is 12.7 Å². The molecule has 1 atom stereocenters. The van der Waals surface area contributed by atoms with Gasteiger partial charge in [0.15, 0.2) is 0 Å². The molecule has 0 aromatic carbocycles. The van der Waals surface area contributed by atoms with Crippen molar-refractivity contribution in [2.45, 2.75) is 39.5 Å². The maximum absolute atomic E-state index is 4.44. The van der Waals surface area contributed by atoms with E-state index in [1.165, 1.54) is 17.0 Å². The lowest BCUT2D eigenvalue weighted by Crippen LogP contribution is -2.00. The molecule has 78 valence electrons. The van der Waals surface area contributed by atoms with Crippen LogP contribution in [0.3, 0.4) is 0 Å². The molecule has 0 N–H and O–H groups in total. The maximum Gasteiger partial charge on any atom is 0.0631 e. The lowest BCUT2D eigenvalue weighted by molar-refractivity contribution is 0.662. The number of aryl methyl sites for hydroxylation is 2. The first-order valence-corrected chi connectivity index (χ1v) is 5.22. The van der Waals surface area contributed by atoms with Crippen molar-refractivity contribution in [1.82, 2.24) is 9.78 Å². The highest BCUT2D eigenvalue weighted by Crippen LogP contribution is 2.28. The zero-order valence-corrected chi connectivity index (χ0v) is 9.67. The number of hydrogen-bond acceptors (Lipinski definition) is 1. The van der Waals surface area contributed by atoms with Crippen molar-refractivity contribution >= 4 is 0 Å². The molecule has 2 heteroatoms. The molecule has 0 radical (unpaired) electrons. The summed E-state index contributed by atoms with van der Waals surface area (Å²) in [6.45, 7) is 10.3. The molecule has 0 spiro atoms. The number of rotatable bonds is 4. The van der Waals surface area contributed by atoms with E-state index in [-0.39, 0.29) is 0 Å². The molecule has 14 heavy (non-hydrogen) atoms. The molecule has 0 saturated carbocycles. The van der Waals surface area contributed by atoms with Gasteiger partial charge in [0, 0.05) is 12.7 Å². The highest BCUT2D eigenvalue weighted by atomic mass is 15.3. The van der Waals surface area contributed by atoms with Gasteiger partial charge in [-0.25, -0.2) is 0 Å². The summed E-state index contributed by atoms with van der Waals surface area (Å²) in [5.41, 5.74) is 3.87. The fourth-order valence-electron chi connectivity index (χ4n) is 2.07. The fraction of sp³-hybridized carbons (Fsp3) is 0.583. The standard InChI is InChI=1S/C12H20N2/c1-6-8-11(7-2)12-9(3)13-14(5)10(12)4/h6,11H,1,7-8H2,2-5H3. The maximum atomic E-state index is 4.44. The molecule has 1 heterocycles. The van der Waals surface area contributed by atoms with Crippen molar-refractivity contribution in [3.8, 4) is 0 Å². The van der Waals surface area contributed by atoms with E-state index >= 15 is 0 Å². The van der Waals surface area contributed by atoms with Crippen LogP contribution < -0.4 is 0 Å². The first-order chi connectivity index (χ1) is 6.61. The summed E-state index contributed by atoms with van der Waals surface area (Å²) in [6.07, 6.45) is 4.20. The zero-order chi connectivity index (χ0) is 10.7. The van der Waals surface area contributed by atoms with Gasteiger partial charge in [0.05, 0.1) is 5.69 Å². The van der Waals surface area contributed by atoms with E-state index in [0.717, 1.165) is 12.8 Å². The van der Waals surface area contributed by atoms with E-state index in [1.54, 1.807) is 0 Å². The average Bonchev–Trinajstić information content (AvgIpc) is 2.39. The van der Waals surface area contributed by atoms with Crippen LogP contribution in [0.4, 0.5) is 0 Å². The molecule has 1 unspecified atom stereocenters. The highest BCUT2D eigenvalue weighted by Gasteiger charge is 2.17. The minimum atomic E-state index is 0.584. The van der Waals surface area contributed by atoms with Crippen LogP contribution in [0, 0.1) is 13.8 Å². The Balaban J connectivity index is 3.08. The third-order valence-corrected chi connectivity index (χ3v) is 2.92. The predicted molar refractivity (Wildman–Crippen MR) is 60.5 cm³/mol. The van der Waals surface area contributed by atoms with Gasteiger partial charge in [-0.3, -0.25) is 4.68 Å². The van der Waals surface area contributed by atoms with Gasteiger partial charge in [-0.1, -0.05) is 13.0 Å². The zero-order valence-electron chi connectivity index (χ0n) is 9.67. The molecular weight excluding hydrogens is 172 g/mol. The molecule has 0 bridgehead atoms. The van der Waals surface area contributed by atoms with E-state index in [0.29, 0.717) is 5.92 Å². The van der Waals surface area contributed by atoms with Crippen LogP contribution >= 0.6 is 0 Å². The molecule has 0 saturated heterocycles. The van der Waals surface area contributed by atoms with Crippen LogP contribution in [0.5, 0.6) is 0 Å². The summed E-state index contributed by atoms with van der Waals surface area (Å²) >= 11 is 0. The molecular formula is C12H20N2. The van der Waals surface area contributed by atoms with Gasteiger partial charge in [-0.2, -0.15) is 5.10 Å². The van der Waals surface area contributed by atoms with Crippen molar-refractivity contribution in [3.63, 3.8) is 0 Å². The van der Waals surface area contributed by atoms with Crippen LogP contribution in [0.1, 0.15) is 42.6 Å². The summed E-state index contributed by atoms with van der Waals surface area (Å²) in [4.78, 5) is 0. The Morgan fingerprint density at radius 3 is 2.50 bits per heavy atom. The molecule has 0 aliphatic carbocycles. The SMILES string of the molecule is C=CCC(CC)c1c(C)nn(C)c1C. The smallest absolute Gasteiger partial charge is 0.0631 e. The van der Waals surface area contributed by atoms with E-state index < -0.39 is 0 Å². The fourth-order valence-corrected chi connectivity index (χ4v) is 2.07. The van der Waals surface area contributed by atoms with Crippen molar-refractivity contribution in [2.75, 3.05) is 0 Å². The van der Waals surface area contributed by atoms with Crippen molar-refractivity contribution in [3.05, 3.63) is 29.6 Å². The van der Waals surface area contributed by atoms with Gasteiger partial charge in [-0.05, 0) is 38.2 Å². The second kappa shape index (κ2) is 4.45. The first kappa shape index (κ1) is 11.0.